The van der Waals surface area contributed by atoms with Gasteiger partial charge in [-0.15, -0.1) is 0 Å². The van der Waals surface area contributed by atoms with Crippen molar-refractivity contribution in [3.63, 3.8) is 0 Å². The van der Waals surface area contributed by atoms with Crippen LogP contribution in [0.1, 0.15) is 19.8 Å². The molecule has 1 heterocycles. The first-order valence-electron chi connectivity index (χ1n) is 4.03. The Morgan fingerprint density at radius 1 is 1.42 bits per heavy atom. The van der Waals surface area contributed by atoms with Gasteiger partial charge in [-0.3, -0.25) is 0 Å². The van der Waals surface area contributed by atoms with E-state index in [1.807, 2.05) is 0 Å². The van der Waals surface area contributed by atoms with E-state index >= 15 is 0 Å². The van der Waals surface area contributed by atoms with E-state index in [0.29, 0.717) is 12.4 Å². The summed E-state index contributed by atoms with van der Waals surface area (Å²) >= 11 is 0. The molecule has 1 rings (SSSR count). The van der Waals surface area contributed by atoms with Gasteiger partial charge in [0.2, 0.25) is 5.95 Å². The van der Waals surface area contributed by atoms with E-state index in [9.17, 15) is 0 Å². The second kappa shape index (κ2) is 4.54. The van der Waals surface area contributed by atoms with Gasteiger partial charge in [-0.2, -0.15) is 0 Å². The van der Waals surface area contributed by atoms with Gasteiger partial charge in [0, 0.05) is 0 Å². The van der Waals surface area contributed by atoms with Crippen molar-refractivity contribution in [1.29, 1.82) is 0 Å². The van der Waals surface area contributed by atoms with Gasteiger partial charge in [0.05, 0.1) is 19.0 Å². The third-order valence-corrected chi connectivity index (χ3v) is 1.41. The first-order valence-corrected chi connectivity index (χ1v) is 4.03. The summed E-state index contributed by atoms with van der Waals surface area (Å²) in [4.78, 5) is 7.60. The molecule has 0 spiro atoms. The van der Waals surface area contributed by atoms with Crippen molar-refractivity contribution < 1.29 is 4.74 Å². The molecule has 0 aliphatic carbocycles. The van der Waals surface area contributed by atoms with Crippen LogP contribution in [0.3, 0.4) is 0 Å². The van der Waals surface area contributed by atoms with Gasteiger partial charge in [0.1, 0.15) is 0 Å². The van der Waals surface area contributed by atoms with Gasteiger partial charge < -0.3 is 10.5 Å². The molecule has 0 radical (unpaired) electrons. The molecule has 4 heteroatoms. The van der Waals surface area contributed by atoms with E-state index in [0.717, 1.165) is 12.8 Å². The number of nitrogen functional groups attached to an aromatic ring is 1. The minimum atomic E-state index is 0.276. The van der Waals surface area contributed by atoms with E-state index in [2.05, 4.69) is 16.9 Å². The minimum Gasteiger partial charge on any atom is -0.490 e. The molecule has 0 aliphatic rings. The molecule has 2 N–H and O–H groups in total. The Kier molecular flexibility index (Phi) is 3.32. The lowest BCUT2D eigenvalue weighted by atomic mass is 10.4. The molecule has 1 aromatic heterocycles. The van der Waals surface area contributed by atoms with Crippen molar-refractivity contribution in [2.24, 2.45) is 0 Å². The van der Waals surface area contributed by atoms with Crippen LogP contribution in [-0.4, -0.2) is 16.6 Å². The first-order chi connectivity index (χ1) is 5.83. The zero-order valence-corrected chi connectivity index (χ0v) is 7.16. The van der Waals surface area contributed by atoms with Crippen molar-refractivity contribution in [3.8, 4) is 5.75 Å². The van der Waals surface area contributed by atoms with Crippen LogP contribution in [-0.2, 0) is 0 Å². The second-order valence-electron chi connectivity index (χ2n) is 2.48. The predicted octanol–water partition coefficient (Wildman–Crippen LogP) is 1.24. The molecule has 0 saturated carbocycles. The summed E-state index contributed by atoms with van der Waals surface area (Å²) < 4.78 is 5.32. The summed E-state index contributed by atoms with van der Waals surface area (Å²) in [5.41, 5.74) is 5.30. The van der Waals surface area contributed by atoms with Crippen LogP contribution in [0.15, 0.2) is 12.4 Å². The molecule has 0 aliphatic heterocycles. The van der Waals surface area contributed by atoms with Crippen molar-refractivity contribution in [1.82, 2.24) is 9.97 Å². The fourth-order valence-electron chi connectivity index (χ4n) is 0.735. The van der Waals surface area contributed by atoms with Crippen LogP contribution < -0.4 is 10.5 Å². The van der Waals surface area contributed by atoms with Crippen LogP contribution in [0.25, 0.3) is 0 Å². The fourth-order valence-corrected chi connectivity index (χ4v) is 0.735. The Hall–Kier alpha value is -1.32. The number of unbranched alkanes of at least 4 members (excludes halogenated alkanes) is 1. The molecule has 0 bridgehead atoms. The molecule has 0 aromatic carbocycles. The maximum absolute atomic E-state index is 5.32. The quantitative estimate of drug-likeness (QED) is 0.685. The zero-order valence-electron chi connectivity index (χ0n) is 7.16. The molecular weight excluding hydrogens is 154 g/mol. The number of anilines is 1. The van der Waals surface area contributed by atoms with Gasteiger partial charge >= 0.3 is 0 Å². The number of nitrogens with two attached hydrogens (primary N) is 1. The van der Waals surface area contributed by atoms with Crippen LogP contribution in [0.4, 0.5) is 5.95 Å². The lowest BCUT2D eigenvalue weighted by Crippen LogP contribution is -1.99. The van der Waals surface area contributed by atoms with Crippen LogP contribution >= 0.6 is 0 Å². The predicted molar refractivity (Wildman–Crippen MR) is 46.8 cm³/mol. The maximum Gasteiger partial charge on any atom is 0.220 e. The monoisotopic (exact) mass is 167 g/mol. The molecule has 0 amide bonds. The SMILES string of the molecule is CCCCOc1cnc(N)nc1. The molecule has 12 heavy (non-hydrogen) atoms. The van der Waals surface area contributed by atoms with E-state index < -0.39 is 0 Å². The summed E-state index contributed by atoms with van der Waals surface area (Å²) in [6.07, 6.45) is 5.33. The standard InChI is InChI=1S/C8H13N3O/c1-2-3-4-12-7-5-10-8(9)11-6-7/h5-6H,2-4H2,1H3,(H2,9,10,11). The number of hydrogen-bond acceptors (Lipinski definition) is 4. The number of nitrogens with zero attached hydrogens (tertiary/aromatic N) is 2. The third-order valence-electron chi connectivity index (χ3n) is 1.41. The summed E-state index contributed by atoms with van der Waals surface area (Å²) in [5, 5.41) is 0. The smallest absolute Gasteiger partial charge is 0.220 e. The molecule has 0 saturated heterocycles. The van der Waals surface area contributed by atoms with Crippen molar-refractivity contribution in [2.75, 3.05) is 12.3 Å². The number of rotatable bonds is 4. The average molecular weight is 167 g/mol. The molecule has 4 nitrogen and oxygen atoms in total. The summed E-state index contributed by atoms with van der Waals surface area (Å²) in [5.74, 6) is 0.954. The summed E-state index contributed by atoms with van der Waals surface area (Å²) in [7, 11) is 0. The van der Waals surface area contributed by atoms with Gasteiger partial charge in [0.15, 0.2) is 5.75 Å². The Morgan fingerprint density at radius 3 is 2.67 bits per heavy atom. The van der Waals surface area contributed by atoms with E-state index in [4.69, 9.17) is 10.5 Å². The highest BCUT2D eigenvalue weighted by atomic mass is 16.5. The molecule has 1 aromatic rings. The van der Waals surface area contributed by atoms with Crippen molar-refractivity contribution >= 4 is 5.95 Å². The number of ether oxygens (including phenoxy) is 1. The lowest BCUT2D eigenvalue weighted by Gasteiger charge is -2.03. The molecule has 0 fully saturated rings. The topological polar surface area (TPSA) is 61.0 Å². The highest BCUT2D eigenvalue weighted by Crippen LogP contribution is 2.06. The molecule has 0 atom stereocenters. The molecule has 66 valence electrons. The van der Waals surface area contributed by atoms with E-state index in [1.165, 1.54) is 0 Å². The molecule has 0 unspecified atom stereocenters. The number of hydrogen-bond donors (Lipinski definition) is 1. The summed E-state index contributed by atoms with van der Waals surface area (Å²) in [6.45, 7) is 2.83. The highest BCUT2D eigenvalue weighted by Gasteiger charge is 1.93. The Labute approximate surface area is 71.8 Å². The van der Waals surface area contributed by atoms with Crippen molar-refractivity contribution in [2.45, 2.75) is 19.8 Å². The Bertz CT molecular complexity index is 222. The highest BCUT2D eigenvalue weighted by molar-refractivity contribution is 5.20. The Morgan fingerprint density at radius 2 is 2.08 bits per heavy atom. The normalized spacial score (nSPS) is 9.75. The lowest BCUT2D eigenvalue weighted by molar-refractivity contribution is 0.307. The Balaban J connectivity index is 2.37. The van der Waals surface area contributed by atoms with Gasteiger partial charge in [-0.25, -0.2) is 9.97 Å². The fraction of sp³-hybridized carbons (Fsp3) is 0.500. The van der Waals surface area contributed by atoms with Crippen molar-refractivity contribution in [3.05, 3.63) is 12.4 Å². The zero-order chi connectivity index (χ0) is 8.81. The largest absolute Gasteiger partial charge is 0.490 e. The minimum absolute atomic E-state index is 0.276. The molecular formula is C8H13N3O. The third kappa shape index (κ3) is 2.74. The maximum atomic E-state index is 5.32. The van der Waals surface area contributed by atoms with Gasteiger partial charge in [0.25, 0.3) is 0 Å². The first kappa shape index (κ1) is 8.77. The van der Waals surface area contributed by atoms with Crippen LogP contribution in [0.5, 0.6) is 5.75 Å². The second-order valence-corrected chi connectivity index (χ2v) is 2.48. The van der Waals surface area contributed by atoms with Crippen LogP contribution in [0.2, 0.25) is 0 Å². The summed E-state index contributed by atoms with van der Waals surface area (Å²) in [6, 6.07) is 0. The van der Waals surface area contributed by atoms with E-state index in [1.54, 1.807) is 12.4 Å². The van der Waals surface area contributed by atoms with Gasteiger partial charge in [-0.1, -0.05) is 13.3 Å². The van der Waals surface area contributed by atoms with Crippen LogP contribution in [0, 0.1) is 0 Å². The number of aromatic nitrogens is 2. The van der Waals surface area contributed by atoms with Gasteiger partial charge in [-0.05, 0) is 6.42 Å². The average Bonchev–Trinajstić information content (AvgIpc) is 2.09. The van der Waals surface area contributed by atoms with E-state index in [-0.39, 0.29) is 5.95 Å².